The summed E-state index contributed by atoms with van der Waals surface area (Å²) >= 11 is 0. The Morgan fingerprint density at radius 3 is 2.43 bits per heavy atom. The molecule has 0 spiro atoms. The highest BCUT2D eigenvalue weighted by Crippen LogP contribution is 2.24. The molecule has 128 valence electrons. The summed E-state index contributed by atoms with van der Waals surface area (Å²) in [5.41, 5.74) is 6.35. The quantitative estimate of drug-likeness (QED) is 0.868. The maximum Gasteiger partial charge on any atom is 0.408 e. The molecule has 1 aliphatic rings. The minimum Gasteiger partial charge on any atom is -0.381 e. The van der Waals surface area contributed by atoms with Crippen LogP contribution in [0.4, 0.5) is 13.2 Å². The maximum atomic E-state index is 13.2. The Balaban J connectivity index is 2.00. The molecule has 1 aromatic rings. The Bertz CT molecular complexity index is 502. The van der Waals surface area contributed by atoms with E-state index in [-0.39, 0.29) is 12.3 Å². The lowest BCUT2D eigenvalue weighted by Crippen LogP contribution is -2.54. The molecule has 1 amide bonds. The number of amides is 1. The summed E-state index contributed by atoms with van der Waals surface area (Å²) in [7, 11) is 0. The fourth-order valence-electron chi connectivity index (χ4n) is 2.66. The second-order valence-corrected chi connectivity index (χ2v) is 5.77. The highest BCUT2D eigenvalue weighted by atomic mass is 19.4. The van der Waals surface area contributed by atoms with Crippen molar-refractivity contribution in [3.63, 3.8) is 0 Å². The van der Waals surface area contributed by atoms with Crippen LogP contribution in [-0.2, 0) is 16.0 Å². The molecule has 7 heteroatoms. The first-order valence-corrected chi connectivity index (χ1v) is 7.62. The van der Waals surface area contributed by atoms with E-state index >= 15 is 0 Å². The van der Waals surface area contributed by atoms with Crippen LogP contribution in [0.5, 0.6) is 0 Å². The van der Waals surface area contributed by atoms with Crippen LogP contribution in [0.1, 0.15) is 18.4 Å². The Morgan fingerprint density at radius 2 is 1.87 bits per heavy atom. The van der Waals surface area contributed by atoms with Gasteiger partial charge in [0.15, 0.2) is 0 Å². The lowest BCUT2D eigenvalue weighted by molar-refractivity contribution is -0.162. The third-order valence-corrected chi connectivity index (χ3v) is 4.07. The van der Waals surface area contributed by atoms with Gasteiger partial charge in [0.2, 0.25) is 5.91 Å². The summed E-state index contributed by atoms with van der Waals surface area (Å²) in [5, 5.41) is 2.07. The first-order chi connectivity index (χ1) is 10.9. The molecule has 1 aliphatic heterocycles. The lowest BCUT2D eigenvalue weighted by atomic mass is 9.91. The van der Waals surface area contributed by atoms with Crippen molar-refractivity contribution in [2.45, 2.75) is 37.5 Å². The van der Waals surface area contributed by atoms with E-state index in [1.807, 2.05) is 0 Å². The third kappa shape index (κ3) is 5.21. The number of alkyl halides is 3. The van der Waals surface area contributed by atoms with Gasteiger partial charge in [-0.2, -0.15) is 13.2 Å². The second kappa shape index (κ2) is 7.79. The minimum absolute atomic E-state index is 0.144. The van der Waals surface area contributed by atoms with Gasteiger partial charge >= 0.3 is 6.18 Å². The van der Waals surface area contributed by atoms with Gasteiger partial charge in [0, 0.05) is 19.6 Å². The van der Waals surface area contributed by atoms with Gasteiger partial charge in [-0.05, 0) is 24.3 Å². The Labute approximate surface area is 133 Å². The minimum atomic E-state index is -4.53. The van der Waals surface area contributed by atoms with Gasteiger partial charge in [-0.1, -0.05) is 30.3 Å². The van der Waals surface area contributed by atoms with Crippen LogP contribution >= 0.6 is 0 Å². The Hall–Kier alpha value is -1.60. The summed E-state index contributed by atoms with van der Waals surface area (Å²) < 4.78 is 44.8. The number of carbonyl (C=O) groups excluding carboxylic acids is 1. The molecule has 3 N–H and O–H groups in total. The van der Waals surface area contributed by atoms with Gasteiger partial charge in [-0.25, -0.2) is 0 Å². The lowest BCUT2D eigenvalue weighted by Gasteiger charge is -2.29. The SMILES string of the molecule is NC(C(=O)NC(Cc1ccccc1)C(F)(F)F)C1CCOCC1. The van der Waals surface area contributed by atoms with Crippen molar-refractivity contribution in [3.8, 4) is 0 Å². The zero-order valence-corrected chi connectivity index (χ0v) is 12.7. The number of carbonyl (C=O) groups is 1. The first-order valence-electron chi connectivity index (χ1n) is 7.62. The highest BCUT2D eigenvalue weighted by molar-refractivity contribution is 5.82. The monoisotopic (exact) mass is 330 g/mol. The molecule has 2 unspecified atom stereocenters. The molecular formula is C16H21F3N2O2. The van der Waals surface area contributed by atoms with Gasteiger partial charge in [0.25, 0.3) is 0 Å². The summed E-state index contributed by atoms with van der Waals surface area (Å²) in [6, 6.07) is 5.37. The largest absolute Gasteiger partial charge is 0.408 e. The molecule has 0 bridgehead atoms. The normalized spacial score (nSPS) is 19.1. The number of rotatable bonds is 5. The molecule has 0 aliphatic carbocycles. The standard InChI is InChI=1S/C16H21F3N2O2/c17-16(18,19)13(10-11-4-2-1-3-5-11)21-15(22)14(20)12-6-8-23-9-7-12/h1-5,12-14H,6-10,20H2,(H,21,22). The molecule has 23 heavy (non-hydrogen) atoms. The van der Waals surface area contributed by atoms with Crippen molar-refractivity contribution in [2.24, 2.45) is 11.7 Å². The van der Waals surface area contributed by atoms with Crippen LogP contribution in [0.25, 0.3) is 0 Å². The number of hydrogen-bond donors (Lipinski definition) is 2. The molecule has 1 heterocycles. The van der Waals surface area contributed by atoms with Crippen molar-refractivity contribution < 1.29 is 22.7 Å². The fourth-order valence-corrected chi connectivity index (χ4v) is 2.66. The Morgan fingerprint density at radius 1 is 1.26 bits per heavy atom. The number of nitrogens with two attached hydrogens (primary N) is 1. The summed E-state index contributed by atoms with van der Waals surface area (Å²) in [6.45, 7) is 0.969. The van der Waals surface area contributed by atoms with Crippen molar-refractivity contribution in [3.05, 3.63) is 35.9 Å². The molecule has 0 radical (unpaired) electrons. The molecule has 2 atom stereocenters. The van der Waals surface area contributed by atoms with Gasteiger partial charge in [-0.3, -0.25) is 4.79 Å². The molecule has 1 fully saturated rings. The zero-order chi connectivity index (χ0) is 16.9. The van der Waals surface area contributed by atoms with Crippen LogP contribution in [0, 0.1) is 5.92 Å². The number of halogens is 3. The number of benzene rings is 1. The topological polar surface area (TPSA) is 64.4 Å². The number of ether oxygens (including phenoxy) is 1. The molecule has 4 nitrogen and oxygen atoms in total. The van der Waals surface area contributed by atoms with E-state index in [9.17, 15) is 18.0 Å². The number of nitrogens with one attached hydrogen (secondary N) is 1. The van der Waals surface area contributed by atoms with Gasteiger partial charge in [0.1, 0.15) is 6.04 Å². The van der Waals surface area contributed by atoms with Crippen LogP contribution in [0.15, 0.2) is 30.3 Å². The van der Waals surface area contributed by atoms with E-state index in [1.165, 1.54) is 0 Å². The van der Waals surface area contributed by atoms with Crippen LogP contribution in [0.3, 0.4) is 0 Å². The van der Waals surface area contributed by atoms with Crippen molar-refractivity contribution in [1.82, 2.24) is 5.32 Å². The van der Waals surface area contributed by atoms with E-state index in [0.29, 0.717) is 31.6 Å². The predicted molar refractivity (Wildman–Crippen MR) is 79.7 cm³/mol. The van der Waals surface area contributed by atoms with E-state index in [2.05, 4.69) is 5.32 Å². The van der Waals surface area contributed by atoms with Crippen molar-refractivity contribution in [1.29, 1.82) is 0 Å². The number of hydrogen-bond acceptors (Lipinski definition) is 3. The van der Waals surface area contributed by atoms with Crippen molar-refractivity contribution in [2.75, 3.05) is 13.2 Å². The maximum absolute atomic E-state index is 13.2. The van der Waals surface area contributed by atoms with Crippen LogP contribution in [-0.4, -0.2) is 37.4 Å². The van der Waals surface area contributed by atoms with E-state index in [0.717, 1.165) is 0 Å². The fraction of sp³-hybridized carbons (Fsp3) is 0.562. The first kappa shape index (κ1) is 17.7. The van der Waals surface area contributed by atoms with E-state index in [1.54, 1.807) is 30.3 Å². The van der Waals surface area contributed by atoms with E-state index in [4.69, 9.17) is 10.5 Å². The summed E-state index contributed by atoms with van der Waals surface area (Å²) in [5.74, 6) is -0.899. The van der Waals surface area contributed by atoms with Gasteiger partial charge in [0.05, 0.1) is 6.04 Å². The third-order valence-electron chi connectivity index (χ3n) is 4.07. The molecule has 1 aromatic carbocycles. The molecule has 2 rings (SSSR count). The Kier molecular flexibility index (Phi) is 6.01. The van der Waals surface area contributed by atoms with Crippen LogP contribution in [0.2, 0.25) is 0 Å². The van der Waals surface area contributed by atoms with Gasteiger partial charge in [-0.15, -0.1) is 0 Å². The predicted octanol–water partition coefficient (Wildman–Crippen LogP) is 2.03. The average Bonchev–Trinajstić information content (AvgIpc) is 2.54. The van der Waals surface area contributed by atoms with E-state index < -0.39 is 24.2 Å². The molecule has 0 aromatic heterocycles. The average molecular weight is 330 g/mol. The summed E-state index contributed by atoms with van der Waals surface area (Å²) in [4.78, 5) is 12.1. The molecule has 0 saturated carbocycles. The van der Waals surface area contributed by atoms with Crippen molar-refractivity contribution >= 4 is 5.91 Å². The van der Waals surface area contributed by atoms with Gasteiger partial charge < -0.3 is 15.8 Å². The molecule has 1 saturated heterocycles. The van der Waals surface area contributed by atoms with Crippen LogP contribution < -0.4 is 11.1 Å². The zero-order valence-electron chi connectivity index (χ0n) is 12.7. The molecular weight excluding hydrogens is 309 g/mol. The second-order valence-electron chi connectivity index (χ2n) is 5.77. The highest BCUT2D eigenvalue weighted by Gasteiger charge is 2.41. The smallest absolute Gasteiger partial charge is 0.381 e. The summed E-state index contributed by atoms with van der Waals surface area (Å²) in [6.07, 6.45) is -3.66.